The van der Waals surface area contributed by atoms with Crippen LogP contribution in [0.1, 0.15) is 65.4 Å². The molecule has 9 heteroatoms. The zero-order valence-electron chi connectivity index (χ0n) is 20.2. The van der Waals surface area contributed by atoms with Gasteiger partial charge in [0, 0.05) is 17.0 Å². The van der Waals surface area contributed by atoms with E-state index in [1.54, 1.807) is 0 Å². The molecule has 4 atom stereocenters. The Kier molecular flexibility index (Phi) is 5.94. The number of aliphatic carboxylic acids is 2. The molecular weight excluding hydrogens is 460 g/mol. The third-order valence-electron chi connectivity index (χ3n) is 8.84. The predicted molar refractivity (Wildman–Crippen MR) is 124 cm³/mol. The monoisotopic (exact) mass is 494 g/mol. The van der Waals surface area contributed by atoms with Gasteiger partial charge in [-0.3, -0.25) is 0 Å². The lowest BCUT2D eigenvalue weighted by Crippen LogP contribution is -2.60. The molecule has 34 heavy (non-hydrogen) atoms. The van der Waals surface area contributed by atoms with Gasteiger partial charge < -0.3 is 19.7 Å². The minimum atomic E-state index is -3.75. The van der Waals surface area contributed by atoms with Crippen molar-refractivity contribution in [3.8, 4) is 11.5 Å². The lowest BCUT2D eigenvalue weighted by atomic mass is 9.43. The van der Waals surface area contributed by atoms with Crippen molar-refractivity contribution in [2.24, 2.45) is 22.7 Å². The van der Waals surface area contributed by atoms with Crippen molar-refractivity contribution >= 4 is 21.8 Å². The number of carbonyl (C=O) groups is 2. The second-order valence-electron chi connectivity index (χ2n) is 11.4. The molecule has 0 spiro atoms. The maximum absolute atomic E-state index is 13.7. The van der Waals surface area contributed by atoms with Crippen LogP contribution in [0, 0.1) is 22.7 Å². The van der Waals surface area contributed by atoms with Gasteiger partial charge in [-0.05, 0) is 54.4 Å². The highest BCUT2D eigenvalue weighted by molar-refractivity contribution is 7.91. The van der Waals surface area contributed by atoms with Gasteiger partial charge in [-0.15, -0.1) is 0 Å². The summed E-state index contributed by atoms with van der Waals surface area (Å²) >= 11 is 0. The molecule has 2 saturated carbocycles. The van der Waals surface area contributed by atoms with Crippen molar-refractivity contribution in [3.63, 3.8) is 0 Å². The fraction of sp³-hybridized carbons (Fsp3) is 0.680. The Morgan fingerprint density at radius 1 is 0.971 bits per heavy atom. The van der Waals surface area contributed by atoms with Crippen LogP contribution in [-0.4, -0.2) is 49.5 Å². The molecule has 2 N–H and O–H groups in total. The van der Waals surface area contributed by atoms with Crippen LogP contribution in [0.3, 0.4) is 0 Å². The summed E-state index contributed by atoms with van der Waals surface area (Å²) in [7, 11) is -3.75. The van der Waals surface area contributed by atoms with E-state index in [1.807, 2.05) is 0 Å². The van der Waals surface area contributed by atoms with Crippen LogP contribution < -0.4 is 9.47 Å². The van der Waals surface area contributed by atoms with Gasteiger partial charge in [0.15, 0.2) is 23.1 Å². The molecule has 2 fully saturated rings. The first-order chi connectivity index (χ1) is 15.7. The molecule has 2 aliphatic carbocycles. The number of hydrogen-bond donors (Lipinski definition) is 2. The molecule has 1 aromatic rings. The van der Waals surface area contributed by atoms with Crippen LogP contribution in [0.2, 0.25) is 0 Å². The minimum Gasteiger partial charge on any atom is -0.482 e. The van der Waals surface area contributed by atoms with Crippen molar-refractivity contribution in [1.29, 1.82) is 0 Å². The minimum absolute atomic E-state index is 0.000332. The quantitative estimate of drug-likeness (QED) is 0.610. The summed E-state index contributed by atoms with van der Waals surface area (Å²) < 4.78 is 38.3. The SMILES string of the molecule is CC1(C)CCCC2(C)C1CCC1(C)c3c(OCC(=O)O)cc(OCC(=O)O)cc3S(=O)(=O)CC12. The number of sulfone groups is 1. The highest BCUT2D eigenvalue weighted by atomic mass is 32.2. The Hall–Kier alpha value is -2.29. The van der Waals surface area contributed by atoms with Crippen LogP contribution in [0.15, 0.2) is 17.0 Å². The van der Waals surface area contributed by atoms with Gasteiger partial charge in [-0.25, -0.2) is 18.0 Å². The summed E-state index contributed by atoms with van der Waals surface area (Å²) in [6.45, 7) is 7.62. The first-order valence-corrected chi connectivity index (χ1v) is 13.5. The highest BCUT2D eigenvalue weighted by Crippen LogP contribution is 2.67. The van der Waals surface area contributed by atoms with Crippen molar-refractivity contribution in [3.05, 3.63) is 17.7 Å². The number of carboxylic acid groups (broad SMARTS) is 2. The molecule has 0 saturated heterocycles. The number of hydrogen-bond acceptors (Lipinski definition) is 6. The van der Waals surface area contributed by atoms with Crippen LogP contribution in [0.5, 0.6) is 11.5 Å². The van der Waals surface area contributed by atoms with Crippen molar-refractivity contribution < 1.29 is 37.7 Å². The third-order valence-corrected chi connectivity index (χ3v) is 10.6. The van der Waals surface area contributed by atoms with Crippen molar-refractivity contribution in [1.82, 2.24) is 0 Å². The zero-order valence-corrected chi connectivity index (χ0v) is 21.0. The van der Waals surface area contributed by atoms with Crippen molar-refractivity contribution in [2.45, 2.75) is 70.1 Å². The van der Waals surface area contributed by atoms with Gasteiger partial charge in [-0.2, -0.15) is 0 Å². The summed E-state index contributed by atoms with van der Waals surface area (Å²) in [5.74, 6) is -1.96. The van der Waals surface area contributed by atoms with E-state index in [9.17, 15) is 23.1 Å². The molecule has 0 bridgehead atoms. The van der Waals surface area contributed by atoms with E-state index in [0.717, 1.165) is 32.1 Å². The number of rotatable bonds is 6. The largest absolute Gasteiger partial charge is 0.482 e. The molecule has 188 valence electrons. The van der Waals surface area contributed by atoms with E-state index in [4.69, 9.17) is 14.6 Å². The van der Waals surface area contributed by atoms with Gasteiger partial charge in [0.1, 0.15) is 11.5 Å². The maximum atomic E-state index is 13.7. The molecule has 4 unspecified atom stereocenters. The lowest BCUT2D eigenvalue weighted by molar-refractivity contribution is -0.140. The fourth-order valence-electron chi connectivity index (χ4n) is 7.49. The molecule has 0 amide bonds. The molecule has 0 aromatic heterocycles. The Morgan fingerprint density at radius 3 is 2.26 bits per heavy atom. The maximum Gasteiger partial charge on any atom is 0.341 e. The van der Waals surface area contributed by atoms with Gasteiger partial charge in [-0.1, -0.05) is 34.1 Å². The standard InChI is InChI=1S/C25H34O8S/c1-23(2)7-5-8-24(3)18(23)6-9-25(4)19(24)14-34(30,31)17-11-15(32-12-20(26)27)10-16(22(17)25)33-13-21(28)29/h10-11,18-19H,5-9,12-14H2,1-4H3,(H,26,27)(H,28,29). The van der Waals surface area contributed by atoms with Crippen LogP contribution >= 0.6 is 0 Å². The predicted octanol–water partition coefficient (Wildman–Crippen LogP) is 3.90. The molecule has 0 radical (unpaired) electrons. The number of carboxylic acids is 2. The molecule has 8 nitrogen and oxygen atoms in total. The topological polar surface area (TPSA) is 127 Å². The molecular formula is C25H34O8S. The fourth-order valence-corrected chi connectivity index (χ4v) is 9.80. The molecule has 4 rings (SSSR count). The van der Waals surface area contributed by atoms with E-state index in [-0.39, 0.29) is 38.9 Å². The van der Waals surface area contributed by atoms with Gasteiger partial charge in [0.25, 0.3) is 0 Å². The van der Waals surface area contributed by atoms with E-state index >= 15 is 0 Å². The highest BCUT2D eigenvalue weighted by Gasteiger charge is 2.62. The first-order valence-electron chi connectivity index (χ1n) is 11.8. The number of benzene rings is 1. The summed E-state index contributed by atoms with van der Waals surface area (Å²) in [6, 6.07) is 2.81. The summed E-state index contributed by atoms with van der Waals surface area (Å²) in [4.78, 5) is 22.3. The van der Waals surface area contributed by atoms with Crippen molar-refractivity contribution in [2.75, 3.05) is 19.0 Å². The Labute approximate surface area is 200 Å². The third kappa shape index (κ3) is 3.95. The second kappa shape index (κ2) is 8.14. The van der Waals surface area contributed by atoms with E-state index in [0.29, 0.717) is 11.5 Å². The van der Waals surface area contributed by atoms with Gasteiger partial charge in [0.05, 0.1) is 10.6 Å². The molecule has 3 aliphatic rings. The summed E-state index contributed by atoms with van der Waals surface area (Å²) in [5, 5.41) is 18.2. The van der Waals surface area contributed by atoms with Gasteiger partial charge >= 0.3 is 11.9 Å². The second-order valence-corrected chi connectivity index (χ2v) is 13.4. The Balaban J connectivity index is 1.89. The molecule has 1 heterocycles. The summed E-state index contributed by atoms with van der Waals surface area (Å²) in [6.07, 6.45) is 4.84. The smallest absolute Gasteiger partial charge is 0.341 e. The van der Waals surface area contributed by atoms with Crippen LogP contribution in [0.25, 0.3) is 0 Å². The zero-order chi connectivity index (χ0) is 25.1. The lowest BCUT2D eigenvalue weighted by Gasteiger charge is -2.63. The number of ether oxygens (including phenoxy) is 2. The summed E-state index contributed by atoms with van der Waals surface area (Å²) in [5.41, 5.74) is -0.0773. The molecule has 1 aliphatic heterocycles. The Bertz CT molecular complexity index is 1120. The van der Waals surface area contributed by atoms with E-state index < -0.39 is 40.4 Å². The Morgan fingerprint density at radius 2 is 1.62 bits per heavy atom. The van der Waals surface area contributed by atoms with Gasteiger partial charge in [0.2, 0.25) is 0 Å². The number of fused-ring (bicyclic) bond motifs is 5. The van der Waals surface area contributed by atoms with E-state index in [2.05, 4.69) is 27.7 Å². The van der Waals surface area contributed by atoms with Crippen LogP contribution in [0.4, 0.5) is 0 Å². The van der Waals surface area contributed by atoms with Crippen LogP contribution in [-0.2, 0) is 24.8 Å². The first kappa shape index (κ1) is 24.8. The average molecular weight is 495 g/mol. The van der Waals surface area contributed by atoms with E-state index in [1.165, 1.54) is 12.1 Å². The normalized spacial score (nSPS) is 33.1. The molecule has 1 aromatic carbocycles. The average Bonchev–Trinajstić information content (AvgIpc) is 2.71.